The van der Waals surface area contributed by atoms with E-state index in [1.54, 1.807) is 30.9 Å². The third-order valence-electron chi connectivity index (χ3n) is 6.56. The maximum Gasteiger partial charge on any atom is 0.350 e. The molecule has 39 heavy (non-hydrogen) atoms. The van der Waals surface area contributed by atoms with Crippen LogP contribution in [0.25, 0.3) is 27.8 Å². The standard InChI is InChI=1S/C27H25FIN7O3/c1-4-35-23(15-5-8-17(9-6-15)36-14(2)33-34(3)27(36)39)22(29)19-12-31-13-20(24(19)35)26(38)32-16-7-10-21(28)18(11-16)25(30)37/h5-13,26,32,38H,4H2,1-3H3,(H2,30,37). The number of primary amides is 1. The second-order valence-electron chi connectivity index (χ2n) is 8.97. The van der Waals surface area contributed by atoms with Crippen molar-refractivity contribution in [2.24, 2.45) is 12.8 Å². The first-order valence-electron chi connectivity index (χ1n) is 12.0. The van der Waals surface area contributed by atoms with E-state index in [1.807, 2.05) is 31.2 Å². The maximum absolute atomic E-state index is 13.9. The molecule has 3 aromatic heterocycles. The molecule has 3 heterocycles. The highest BCUT2D eigenvalue weighted by Crippen LogP contribution is 2.38. The third-order valence-corrected chi connectivity index (χ3v) is 7.65. The van der Waals surface area contributed by atoms with Gasteiger partial charge in [0.15, 0.2) is 6.23 Å². The van der Waals surface area contributed by atoms with Crippen molar-refractivity contribution in [1.82, 2.24) is 23.9 Å². The van der Waals surface area contributed by atoms with Crippen molar-refractivity contribution in [1.29, 1.82) is 0 Å². The zero-order valence-electron chi connectivity index (χ0n) is 21.3. The van der Waals surface area contributed by atoms with Gasteiger partial charge in [-0.05, 0) is 72.3 Å². The van der Waals surface area contributed by atoms with Gasteiger partial charge in [0.05, 0.1) is 22.5 Å². The lowest BCUT2D eigenvalue weighted by molar-refractivity contribution is 0.0996. The van der Waals surface area contributed by atoms with E-state index in [4.69, 9.17) is 5.73 Å². The number of nitrogens with two attached hydrogens (primary N) is 1. The van der Waals surface area contributed by atoms with E-state index in [0.717, 1.165) is 31.8 Å². The quantitative estimate of drug-likeness (QED) is 0.183. The van der Waals surface area contributed by atoms with Crippen LogP contribution >= 0.6 is 22.6 Å². The topological polar surface area (TPSA) is 133 Å². The van der Waals surface area contributed by atoms with Gasteiger partial charge in [-0.1, -0.05) is 12.1 Å². The number of anilines is 1. The highest BCUT2D eigenvalue weighted by atomic mass is 127. The van der Waals surface area contributed by atoms with Gasteiger partial charge in [-0.2, -0.15) is 5.10 Å². The number of hydrogen-bond donors (Lipinski definition) is 3. The Morgan fingerprint density at radius 2 is 1.92 bits per heavy atom. The molecule has 1 unspecified atom stereocenters. The van der Waals surface area contributed by atoms with Gasteiger partial charge < -0.3 is 20.7 Å². The monoisotopic (exact) mass is 641 g/mol. The van der Waals surface area contributed by atoms with Crippen LogP contribution in [0.1, 0.15) is 34.9 Å². The molecular weight excluding hydrogens is 616 g/mol. The second kappa shape index (κ2) is 10.3. The highest BCUT2D eigenvalue weighted by molar-refractivity contribution is 14.1. The fraction of sp³-hybridized carbons (Fsp3) is 0.185. The summed E-state index contributed by atoms with van der Waals surface area (Å²) in [5.74, 6) is -1.04. The first-order valence-corrected chi connectivity index (χ1v) is 13.1. The zero-order valence-corrected chi connectivity index (χ0v) is 23.5. The van der Waals surface area contributed by atoms with Crippen molar-refractivity contribution in [3.8, 4) is 16.9 Å². The number of rotatable bonds is 7. The molecule has 0 saturated heterocycles. The number of pyridine rings is 1. The van der Waals surface area contributed by atoms with Crippen LogP contribution in [0.15, 0.2) is 59.7 Å². The molecule has 4 N–H and O–H groups in total. The molecule has 2 aromatic carbocycles. The first kappa shape index (κ1) is 26.6. The Morgan fingerprint density at radius 3 is 2.54 bits per heavy atom. The Kier molecular flexibility index (Phi) is 6.99. The summed E-state index contributed by atoms with van der Waals surface area (Å²) in [7, 11) is 1.61. The van der Waals surface area contributed by atoms with Crippen molar-refractivity contribution in [3.05, 3.63) is 91.7 Å². The number of carbonyl (C=O) groups excluding carboxylic acids is 1. The Labute approximate surface area is 236 Å². The van der Waals surface area contributed by atoms with Crippen LogP contribution < -0.4 is 16.7 Å². The molecule has 10 nitrogen and oxygen atoms in total. The highest BCUT2D eigenvalue weighted by Gasteiger charge is 2.23. The Balaban J connectivity index is 1.57. The van der Waals surface area contributed by atoms with E-state index in [0.29, 0.717) is 29.3 Å². The molecule has 1 amide bonds. The number of halogens is 2. The molecule has 0 bridgehead atoms. The van der Waals surface area contributed by atoms with Crippen LogP contribution in [0.3, 0.4) is 0 Å². The van der Waals surface area contributed by atoms with Crippen LogP contribution in [0, 0.1) is 16.3 Å². The Bertz CT molecular complexity index is 1790. The molecule has 0 aliphatic heterocycles. The lowest BCUT2D eigenvalue weighted by Gasteiger charge is -2.18. The van der Waals surface area contributed by atoms with Crippen molar-refractivity contribution in [3.63, 3.8) is 0 Å². The van der Waals surface area contributed by atoms with E-state index in [9.17, 15) is 19.1 Å². The van der Waals surface area contributed by atoms with Crippen LogP contribution in [-0.2, 0) is 13.6 Å². The molecule has 0 fully saturated rings. The fourth-order valence-electron chi connectivity index (χ4n) is 4.78. The molecule has 200 valence electrons. The summed E-state index contributed by atoms with van der Waals surface area (Å²) >= 11 is 2.27. The maximum atomic E-state index is 13.9. The molecule has 0 aliphatic rings. The lowest BCUT2D eigenvalue weighted by atomic mass is 10.1. The number of aliphatic hydroxyl groups excluding tert-OH is 1. The normalized spacial score (nSPS) is 12.2. The number of amides is 1. The summed E-state index contributed by atoms with van der Waals surface area (Å²) in [4.78, 5) is 28.4. The molecule has 5 rings (SSSR count). The Morgan fingerprint density at radius 1 is 1.21 bits per heavy atom. The summed E-state index contributed by atoms with van der Waals surface area (Å²) in [5.41, 5.74) is 8.97. The van der Waals surface area contributed by atoms with Gasteiger partial charge in [0, 0.05) is 46.2 Å². The number of nitrogens with one attached hydrogen (secondary N) is 1. The van der Waals surface area contributed by atoms with Gasteiger partial charge in [0.1, 0.15) is 11.6 Å². The molecule has 0 aliphatic carbocycles. The van der Waals surface area contributed by atoms with Gasteiger partial charge >= 0.3 is 5.69 Å². The minimum absolute atomic E-state index is 0.223. The van der Waals surface area contributed by atoms with Gasteiger partial charge in [0.2, 0.25) is 0 Å². The molecule has 1 atom stereocenters. The van der Waals surface area contributed by atoms with Gasteiger partial charge in [-0.15, -0.1) is 0 Å². The largest absolute Gasteiger partial charge is 0.369 e. The summed E-state index contributed by atoms with van der Waals surface area (Å²) in [6.45, 7) is 4.39. The number of benzene rings is 2. The molecule has 0 saturated carbocycles. The van der Waals surface area contributed by atoms with E-state index in [2.05, 4.69) is 42.6 Å². The number of nitrogens with zero attached hydrogens (tertiary/aromatic N) is 5. The smallest absolute Gasteiger partial charge is 0.350 e. The summed E-state index contributed by atoms with van der Waals surface area (Å²) in [5, 5.41) is 19.1. The van der Waals surface area contributed by atoms with Crippen molar-refractivity contribution in [2.45, 2.75) is 26.6 Å². The summed E-state index contributed by atoms with van der Waals surface area (Å²) < 4.78 is 19.8. The van der Waals surface area contributed by atoms with E-state index < -0.39 is 18.0 Å². The number of aromatic nitrogens is 5. The van der Waals surface area contributed by atoms with Crippen LogP contribution in [0.4, 0.5) is 10.1 Å². The molecule has 0 radical (unpaired) electrons. The average Bonchev–Trinajstić information content (AvgIpc) is 3.35. The van der Waals surface area contributed by atoms with E-state index >= 15 is 0 Å². The van der Waals surface area contributed by atoms with Crippen LogP contribution in [-0.4, -0.2) is 34.9 Å². The fourth-order valence-corrected chi connectivity index (χ4v) is 5.78. The molecular formula is C27H25FIN7O3. The summed E-state index contributed by atoms with van der Waals surface area (Å²) in [6.07, 6.45) is 2.11. The van der Waals surface area contributed by atoms with Crippen molar-refractivity contribution >= 4 is 45.1 Å². The van der Waals surface area contributed by atoms with E-state index in [-0.39, 0.29) is 11.3 Å². The third kappa shape index (κ3) is 4.59. The minimum Gasteiger partial charge on any atom is -0.369 e. The molecule has 0 spiro atoms. The predicted molar refractivity (Wildman–Crippen MR) is 154 cm³/mol. The SMILES string of the molecule is CCn1c(-c2ccc(-n3c(C)nn(C)c3=O)cc2)c(I)c2cncc(C(O)Nc3ccc(F)c(C(N)=O)c3)c21. The van der Waals surface area contributed by atoms with Crippen LogP contribution in [0.5, 0.6) is 0 Å². The Hall–Kier alpha value is -4.04. The van der Waals surface area contributed by atoms with Crippen LogP contribution in [0.2, 0.25) is 0 Å². The number of aliphatic hydroxyl groups is 1. The first-order chi connectivity index (χ1) is 18.6. The number of fused-ring (bicyclic) bond motifs is 1. The number of carbonyl (C=O) groups is 1. The second-order valence-corrected chi connectivity index (χ2v) is 10.1. The predicted octanol–water partition coefficient (Wildman–Crippen LogP) is 3.86. The minimum atomic E-state index is -1.21. The summed E-state index contributed by atoms with van der Waals surface area (Å²) in [6, 6.07) is 11.4. The molecule has 12 heteroatoms. The average molecular weight is 641 g/mol. The van der Waals surface area contributed by atoms with E-state index in [1.165, 1.54) is 16.8 Å². The van der Waals surface area contributed by atoms with Gasteiger partial charge in [-0.3, -0.25) is 9.78 Å². The van der Waals surface area contributed by atoms with Gasteiger partial charge in [0.25, 0.3) is 5.91 Å². The van der Waals surface area contributed by atoms with Crippen molar-refractivity contribution < 1.29 is 14.3 Å². The molecule has 5 aromatic rings. The van der Waals surface area contributed by atoms with Gasteiger partial charge in [-0.25, -0.2) is 18.4 Å². The number of aryl methyl sites for hydroxylation is 3. The lowest BCUT2D eigenvalue weighted by Crippen LogP contribution is -2.21. The zero-order chi connectivity index (χ0) is 28.0. The van der Waals surface area contributed by atoms with Crippen molar-refractivity contribution in [2.75, 3.05) is 5.32 Å². The number of hydrogen-bond acceptors (Lipinski definition) is 6.